The van der Waals surface area contributed by atoms with Crippen molar-refractivity contribution in [2.24, 2.45) is 5.92 Å². The van der Waals surface area contributed by atoms with E-state index >= 15 is 0 Å². The van der Waals surface area contributed by atoms with E-state index in [1.807, 2.05) is 12.1 Å². The zero-order valence-corrected chi connectivity index (χ0v) is 21.3. The summed E-state index contributed by atoms with van der Waals surface area (Å²) in [5, 5.41) is 11.5. The highest BCUT2D eigenvalue weighted by Gasteiger charge is 2.13. The van der Waals surface area contributed by atoms with Gasteiger partial charge in [0.25, 0.3) is 0 Å². The first kappa shape index (κ1) is 26.6. The van der Waals surface area contributed by atoms with Gasteiger partial charge in [0.1, 0.15) is 12.4 Å². The van der Waals surface area contributed by atoms with Gasteiger partial charge in [-0.1, -0.05) is 50.8 Å². The van der Waals surface area contributed by atoms with Crippen molar-refractivity contribution in [3.8, 4) is 17.0 Å². The summed E-state index contributed by atoms with van der Waals surface area (Å²) in [5.41, 5.74) is 3.98. The fourth-order valence-electron chi connectivity index (χ4n) is 4.12. The van der Waals surface area contributed by atoms with Crippen molar-refractivity contribution >= 4 is 16.9 Å². The minimum absolute atomic E-state index is 0.233. The number of hydrogen-bond acceptors (Lipinski definition) is 4. The topological polar surface area (TPSA) is 60.7 Å². The van der Waals surface area contributed by atoms with Crippen molar-refractivity contribution in [1.82, 2.24) is 4.57 Å². The molecule has 5 nitrogen and oxygen atoms in total. The lowest BCUT2D eigenvalue weighted by atomic mass is 10.1. The SMILES string of the molecule is C=C(C)C(=O)OCCCCC(O)COc1ccc2cc(-c3ccccc3)n(CCCC(C)C)c2c1. The number of hydrogen-bond donors (Lipinski definition) is 1. The van der Waals surface area contributed by atoms with Crippen LogP contribution in [0.5, 0.6) is 5.75 Å². The molecule has 35 heavy (non-hydrogen) atoms. The molecule has 1 heterocycles. The summed E-state index contributed by atoms with van der Waals surface area (Å²) >= 11 is 0. The Morgan fingerprint density at radius 3 is 2.51 bits per heavy atom. The van der Waals surface area contributed by atoms with E-state index in [0.29, 0.717) is 30.9 Å². The summed E-state index contributed by atoms with van der Waals surface area (Å²) in [6, 6.07) is 18.9. The molecule has 0 aliphatic heterocycles. The molecule has 0 bridgehead atoms. The second kappa shape index (κ2) is 13.1. The Kier molecular flexibility index (Phi) is 9.98. The van der Waals surface area contributed by atoms with Crippen LogP contribution in [0.2, 0.25) is 0 Å². The Hall–Kier alpha value is -3.05. The molecule has 0 amide bonds. The summed E-state index contributed by atoms with van der Waals surface area (Å²) in [5.74, 6) is 1.07. The van der Waals surface area contributed by atoms with Crippen LogP contribution >= 0.6 is 0 Å². The number of carbonyl (C=O) groups is 1. The van der Waals surface area contributed by atoms with Gasteiger partial charge in [0.15, 0.2) is 0 Å². The number of aliphatic hydroxyl groups excluding tert-OH is 1. The number of ether oxygens (including phenoxy) is 2. The number of benzene rings is 2. The molecule has 3 aromatic rings. The van der Waals surface area contributed by atoms with Crippen LogP contribution < -0.4 is 4.74 Å². The minimum atomic E-state index is -0.569. The lowest BCUT2D eigenvalue weighted by Crippen LogP contribution is -2.17. The van der Waals surface area contributed by atoms with E-state index in [4.69, 9.17) is 9.47 Å². The van der Waals surface area contributed by atoms with E-state index in [-0.39, 0.29) is 12.6 Å². The van der Waals surface area contributed by atoms with Crippen molar-refractivity contribution < 1.29 is 19.4 Å². The maximum absolute atomic E-state index is 11.4. The summed E-state index contributed by atoms with van der Waals surface area (Å²) in [6.07, 6.45) is 3.78. The van der Waals surface area contributed by atoms with E-state index < -0.39 is 6.10 Å². The summed E-state index contributed by atoms with van der Waals surface area (Å²) in [4.78, 5) is 11.4. The molecule has 1 atom stereocenters. The second-order valence-electron chi connectivity index (χ2n) is 9.68. The smallest absolute Gasteiger partial charge is 0.333 e. The Morgan fingerprint density at radius 2 is 1.80 bits per heavy atom. The largest absolute Gasteiger partial charge is 0.491 e. The lowest BCUT2D eigenvalue weighted by Gasteiger charge is -2.14. The third-order valence-electron chi connectivity index (χ3n) is 6.06. The van der Waals surface area contributed by atoms with Crippen LogP contribution in [-0.2, 0) is 16.1 Å². The molecule has 0 saturated heterocycles. The quantitative estimate of drug-likeness (QED) is 0.158. The van der Waals surface area contributed by atoms with Crippen molar-refractivity contribution in [2.45, 2.75) is 65.5 Å². The number of aromatic nitrogens is 1. The van der Waals surface area contributed by atoms with Gasteiger partial charge >= 0.3 is 5.97 Å². The average Bonchev–Trinajstić information content (AvgIpc) is 3.20. The van der Waals surface area contributed by atoms with Gasteiger partial charge in [0.05, 0.1) is 18.2 Å². The van der Waals surface area contributed by atoms with Gasteiger partial charge < -0.3 is 19.1 Å². The lowest BCUT2D eigenvalue weighted by molar-refractivity contribution is -0.139. The zero-order valence-electron chi connectivity index (χ0n) is 21.3. The molecule has 1 aromatic heterocycles. The van der Waals surface area contributed by atoms with Gasteiger partial charge in [-0.05, 0) is 68.7 Å². The average molecular weight is 478 g/mol. The number of fused-ring (bicyclic) bond motifs is 1. The number of unbranched alkanes of at least 4 members (excludes halogenated alkanes) is 1. The van der Waals surface area contributed by atoms with E-state index in [1.54, 1.807) is 6.92 Å². The molecule has 1 N–H and O–H groups in total. The van der Waals surface area contributed by atoms with Crippen LogP contribution in [0, 0.1) is 5.92 Å². The monoisotopic (exact) mass is 477 g/mol. The molecule has 0 saturated carbocycles. The van der Waals surface area contributed by atoms with Crippen LogP contribution in [0.15, 0.2) is 66.7 Å². The van der Waals surface area contributed by atoms with Gasteiger partial charge in [-0.25, -0.2) is 4.79 Å². The van der Waals surface area contributed by atoms with Crippen molar-refractivity contribution in [3.63, 3.8) is 0 Å². The molecule has 0 radical (unpaired) electrons. The molecule has 2 aromatic carbocycles. The molecule has 0 fully saturated rings. The maximum atomic E-state index is 11.4. The van der Waals surface area contributed by atoms with Crippen molar-refractivity contribution in [1.29, 1.82) is 0 Å². The second-order valence-corrected chi connectivity index (χ2v) is 9.68. The first-order valence-corrected chi connectivity index (χ1v) is 12.7. The van der Waals surface area contributed by atoms with Gasteiger partial charge in [-0.15, -0.1) is 0 Å². The summed E-state index contributed by atoms with van der Waals surface area (Å²) < 4.78 is 13.4. The first-order chi connectivity index (χ1) is 16.8. The molecule has 1 unspecified atom stereocenters. The number of nitrogens with zero attached hydrogens (tertiary/aromatic N) is 1. The van der Waals surface area contributed by atoms with Crippen LogP contribution in [0.1, 0.15) is 52.9 Å². The number of esters is 1. The molecule has 5 heteroatoms. The van der Waals surface area contributed by atoms with Gasteiger partial charge in [-0.2, -0.15) is 0 Å². The zero-order chi connectivity index (χ0) is 25.2. The summed E-state index contributed by atoms with van der Waals surface area (Å²) in [7, 11) is 0. The highest BCUT2D eigenvalue weighted by atomic mass is 16.5. The fraction of sp³-hybridized carbons (Fsp3) is 0.433. The van der Waals surface area contributed by atoms with E-state index in [0.717, 1.165) is 30.7 Å². The van der Waals surface area contributed by atoms with Crippen LogP contribution in [0.3, 0.4) is 0 Å². The van der Waals surface area contributed by atoms with Crippen molar-refractivity contribution in [2.75, 3.05) is 13.2 Å². The van der Waals surface area contributed by atoms with Crippen LogP contribution in [0.25, 0.3) is 22.2 Å². The number of aryl methyl sites for hydroxylation is 1. The van der Waals surface area contributed by atoms with Gasteiger partial charge in [0, 0.05) is 29.3 Å². The van der Waals surface area contributed by atoms with E-state index in [9.17, 15) is 9.90 Å². The normalized spacial score (nSPS) is 12.1. The Balaban J connectivity index is 1.62. The molecule has 3 rings (SSSR count). The Bertz CT molecular complexity index is 1100. The molecular formula is C30H39NO4. The van der Waals surface area contributed by atoms with Crippen LogP contribution in [-0.4, -0.2) is 35.0 Å². The molecule has 0 aliphatic rings. The first-order valence-electron chi connectivity index (χ1n) is 12.7. The summed E-state index contributed by atoms with van der Waals surface area (Å²) in [6.45, 7) is 11.2. The predicted molar refractivity (Wildman–Crippen MR) is 143 cm³/mol. The maximum Gasteiger partial charge on any atom is 0.333 e. The Morgan fingerprint density at radius 1 is 1.03 bits per heavy atom. The number of rotatable bonds is 14. The molecular weight excluding hydrogens is 438 g/mol. The van der Waals surface area contributed by atoms with Gasteiger partial charge in [0.2, 0.25) is 0 Å². The highest BCUT2D eigenvalue weighted by Crippen LogP contribution is 2.31. The number of aliphatic hydroxyl groups is 1. The highest BCUT2D eigenvalue weighted by molar-refractivity contribution is 5.88. The van der Waals surface area contributed by atoms with Gasteiger partial charge in [-0.3, -0.25) is 0 Å². The van der Waals surface area contributed by atoms with E-state index in [2.05, 4.69) is 67.5 Å². The molecule has 188 valence electrons. The van der Waals surface area contributed by atoms with Crippen LogP contribution in [0.4, 0.5) is 0 Å². The third-order valence-corrected chi connectivity index (χ3v) is 6.06. The molecule has 0 aliphatic carbocycles. The Labute approximate surface area is 209 Å². The number of carbonyl (C=O) groups excluding carboxylic acids is 1. The standard InChI is InChI=1S/C30H39NO4/c1-22(2)11-10-17-31-28(24-12-6-5-7-13-24)19-25-15-16-27(20-29(25)31)35-21-26(32)14-8-9-18-34-30(33)23(3)4/h5-7,12-13,15-16,19-20,22,26,32H,3,8-11,14,17-18,21H2,1-2,4H3. The predicted octanol–water partition coefficient (Wildman–Crippen LogP) is 6.77. The van der Waals surface area contributed by atoms with E-state index in [1.165, 1.54) is 23.1 Å². The fourth-order valence-corrected chi connectivity index (χ4v) is 4.12. The van der Waals surface area contributed by atoms with Crippen molar-refractivity contribution in [3.05, 3.63) is 66.7 Å². The minimum Gasteiger partial charge on any atom is -0.491 e. The third kappa shape index (κ3) is 8.00. The molecule has 0 spiro atoms.